The summed E-state index contributed by atoms with van der Waals surface area (Å²) >= 11 is 0. The van der Waals surface area contributed by atoms with Crippen molar-refractivity contribution in [3.8, 4) is 0 Å². The second kappa shape index (κ2) is 8.62. The van der Waals surface area contributed by atoms with E-state index >= 15 is 0 Å². The maximum absolute atomic E-state index is 12.5. The number of nitrogens with zero attached hydrogens (tertiary/aromatic N) is 4. The van der Waals surface area contributed by atoms with E-state index in [1.165, 1.54) is 23.5 Å². The molecule has 3 N–H and O–H groups in total. The Kier molecular flexibility index (Phi) is 5.51. The van der Waals surface area contributed by atoms with Gasteiger partial charge in [0.25, 0.3) is 16.8 Å². The Hall–Kier alpha value is -3.79. The highest BCUT2D eigenvalue weighted by Crippen LogP contribution is 2.34. The molecule has 10 nitrogen and oxygen atoms in total. The van der Waals surface area contributed by atoms with Crippen LogP contribution in [0.2, 0.25) is 0 Å². The van der Waals surface area contributed by atoms with E-state index in [0.29, 0.717) is 43.5 Å². The van der Waals surface area contributed by atoms with Crippen molar-refractivity contribution in [2.24, 2.45) is 0 Å². The van der Waals surface area contributed by atoms with Crippen LogP contribution in [0.3, 0.4) is 0 Å². The first kappa shape index (κ1) is 21.1. The Morgan fingerprint density at radius 1 is 1.00 bits per heavy atom. The Labute approximate surface area is 189 Å². The minimum atomic E-state index is -0.674. The molecule has 1 atom stereocenters. The minimum absolute atomic E-state index is 0.0290. The number of hydrogen-bond acceptors (Lipinski definition) is 9. The van der Waals surface area contributed by atoms with Crippen LogP contribution in [0.15, 0.2) is 46.2 Å². The Balaban J connectivity index is 1.28. The predicted molar refractivity (Wildman–Crippen MR) is 123 cm³/mol. The number of nitrogens with one attached hydrogen (secondary N) is 2. The summed E-state index contributed by atoms with van der Waals surface area (Å²) < 4.78 is 0. The molecule has 0 spiro atoms. The number of anilines is 3. The number of aromatic nitrogens is 2. The number of hydroxylamine groups is 1. The summed E-state index contributed by atoms with van der Waals surface area (Å²) in [6.45, 7) is 2.22. The topological polar surface area (TPSA) is 128 Å². The smallest absolute Gasteiger partial charge is 0.277 e. The summed E-state index contributed by atoms with van der Waals surface area (Å²) in [6.07, 6.45) is 5.69. The molecular formula is C23H24N6O4. The molecule has 0 radical (unpaired) electrons. The van der Waals surface area contributed by atoms with Gasteiger partial charge in [0, 0.05) is 38.6 Å². The van der Waals surface area contributed by atoms with Gasteiger partial charge in [-0.3, -0.25) is 19.6 Å². The molecule has 10 heteroatoms. The summed E-state index contributed by atoms with van der Waals surface area (Å²) in [6, 6.07) is 8.27. The standard InChI is InChI=1S/C23H24N6O4/c30-20-18(26-17-7-3-5-14-4-1-2-6-16(14)17)19(21(20)31)28-8-10-29(11-9-28)23-24-12-15(13-25-23)22(32)27-33/h1-2,4,6,12-13,17,26,33H,3,5,7-11H2,(H,27,32). The molecule has 2 heterocycles. The first-order valence-electron chi connectivity index (χ1n) is 11.0. The lowest BCUT2D eigenvalue weighted by Gasteiger charge is -2.37. The zero-order chi connectivity index (χ0) is 22.9. The van der Waals surface area contributed by atoms with Crippen molar-refractivity contribution in [1.82, 2.24) is 15.4 Å². The number of piperazine rings is 1. The molecule has 1 unspecified atom stereocenters. The second-order valence-corrected chi connectivity index (χ2v) is 8.36. The average Bonchev–Trinajstić information content (AvgIpc) is 2.88. The van der Waals surface area contributed by atoms with Crippen LogP contribution in [0.1, 0.15) is 40.4 Å². The molecule has 0 saturated carbocycles. The molecule has 1 aromatic heterocycles. The maximum atomic E-state index is 12.5. The number of hydrogen-bond donors (Lipinski definition) is 3. The molecule has 2 aliphatic rings. The summed E-state index contributed by atoms with van der Waals surface area (Å²) in [7, 11) is 0. The van der Waals surface area contributed by atoms with Crippen molar-refractivity contribution in [1.29, 1.82) is 0 Å². The van der Waals surface area contributed by atoms with Crippen LogP contribution in [-0.2, 0) is 6.42 Å². The predicted octanol–water partition coefficient (Wildman–Crippen LogP) is 1.01. The number of carbonyl (C=O) groups excluding carboxylic acids is 1. The molecule has 1 aliphatic carbocycles. The van der Waals surface area contributed by atoms with Crippen molar-refractivity contribution >= 4 is 23.2 Å². The van der Waals surface area contributed by atoms with E-state index in [1.807, 2.05) is 21.9 Å². The van der Waals surface area contributed by atoms with E-state index in [9.17, 15) is 14.4 Å². The minimum Gasteiger partial charge on any atom is -0.373 e. The Bertz CT molecular complexity index is 1240. The van der Waals surface area contributed by atoms with Crippen LogP contribution in [0.5, 0.6) is 0 Å². The highest BCUT2D eigenvalue weighted by molar-refractivity contribution is 5.92. The van der Waals surface area contributed by atoms with E-state index < -0.39 is 16.8 Å². The van der Waals surface area contributed by atoms with E-state index in [2.05, 4.69) is 27.4 Å². The van der Waals surface area contributed by atoms with E-state index in [4.69, 9.17) is 5.21 Å². The van der Waals surface area contributed by atoms with E-state index in [0.717, 1.165) is 19.3 Å². The van der Waals surface area contributed by atoms with Gasteiger partial charge in [0.15, 0.2) is 0 Å². The van der Waals surface area contributed by atoms with Gasteiger partial charge in [-0.2, -0.15) is 0 Å². The largest absolute Gasteiger partial charge is 0.373 e. The average molecular weight is 448 g/mol. The SMILES string of the molecule is O=C(NO)c1cnc(N2CCN(c3c(NC4CCCc5ccccc54)c(=O)c3=O)CC2)nc1. The zero-order valence-electron chi connectivity index (χ0n) is 18.0. The third-order valence-electron chi connectivity index (χ3n) is 6.45. The van der Waals surface area contributed by atoms with Gasteiger partial charge in [0.05, 0.1) is 11.6 Å². The van der Waals surface area contributed by atoms with Gasteiger partial charge in [-0.05, 0) is 30.4 Å². The monoisotopic (exact) mass is 448 g/mol. The third kappa shape index (κ3) is 3.82. The summed E-state index contributed by atoms with van der Waals surface area (Å²) in [5.74, 6) is -0.210. The van der Waals surface area contributed by atoms with Crippen LogP contribution in [0.4, 0.5) is 17.3 Å². The van der Waals surface area contributed by atoms with Crippen LogP contribution in [0.25, 0.3) is 0 Å². The fourth-order valence-corrected chi connectivity index (χ4v) is 4.69. The van der Waals surface area contributed by atoms with Crippen molar-refractivity contribution in [3.63, 3.8) is 0 Å². The van der Waals surface area contributed by atoms with Crippen molar-refractivity contribution in [3.05, 3.63) is 73.8 Å². The number of carbonyl (C=O) groups is 1. The van der Waals surface area contributed by atoms with Crippen LogP contribution < -0.4 is 31.5 Å². The lowest BCUT2D eigenvalue weighted by atomic mass is 9.87. The summed E-state index contributed by atoms with van der Waals surface area (Å²) in [5.41, 5.74) is 4.20. The lowest BCUT2D eigenvalue weighted by Crippen LogP contribution is -2.52. The molecule has 1 amide bonds. The Morgan fingerprint density at radius 2 is 1.70 bits per heavy atom. The van der Waals surface area contributed by atoms with Crippen molar-refractivity contribution < 1.29 is 10.0 Å². The molecule has 1 fully saturated rings. The van der Waals surface area contributed by atoms with Gasteiger partial charge in [-0.15, -0.1) is 0 Å². The molecule has 2 aromatic carbocycles. The van der Waals surface area contributed by atoms with Gasteiger partial charge in [0.1, 0.15) is 11.4 Å². The molecule has 0 bridgehead atoms. The highest BCUT2D eigenvalue weighted by atomic mass is 16.5. The highest BCUT2D eigenvalue weighted by Gasteiger charge is 2.31. The van der Waals surface area contributed by atoms with E-state index in [1.54, 1.807) is 5.48 Å². The fraction of sp³-hybridized carbons (Fsp3) is 0.348. The number of aryl methyl sites for hydroxylation is 1. The van der Waals surface area contributed by atoms with Crippen molar-refractivity contribution in [2.45, 2.75) is 25.3 Å². The van der Waals surface area contributed by atoms with Gasteiger partial charge in [-0.1, -0.05) is 24.3 Å². The van der Waals surface area contributed by atoms with Crippen molar-refractivity contribution in [2.75, 3.05) is 41.3 Å². The quantitative estimate of drug-likeness (QED) is 0.298. The van der Waals surface area contributed by atoms with Crippen LogP contribution in [0, 0.1) is 0 Å². The van der Waals surface area contributed by atoms with Crippen LogP contribution >= 0.6 is 0 Å². The normalized spacial score (nSPS) is 18.2. The molecule has 170 valence electrons. The Morgan fingerprint density at radius 3 is 2.42 bits per heavy atom. The number of benzene rings is 1. The van der Waals surface area contributed by atoms with Gasteiger partial charge in [0.2, 0.25) is 5.95 Å². The second-order valence-electron chi connectivity index (χ2n) is 8.36. The maximum Gasteiger partial charge on any atom is 0.277 e. The lowest BCUT2D eigenvalue weighted by molar-refractivity contribution is 0.0705. The first-order chi connectivity index (χ1) is 16.1. The molecule has 5 rings (SSSR count). The first-order valence-corrected chi connectivity index (χ1v) is 11.0. The zero-order valence-corrected chi connectivity index (χ0v) is 18.0. The molecule has 3 aromatic rings. The third-order valence-corrected chi connectivity index (χ3v) is 6.45. The molecule has 33 heavy (non-hydrogen) atoms. The van der Waals surface area contributed by atoms with Crippen LogP contribution in [-0.4, -0.2) is 47.3 Å². The van der Waals surface area contributed by atoms with E-state index in [-0.39, 0.29) is 11.6 Å². The fourth-order valence-electron chi connectivity index (χ4n) is 4.69. The summed E-state index contributed by atoms with van der Waals surface area (Å²) in [4.78, 5) is 48.6. The van der Waals surface area contributed by atoms with Gasteiger partial charge >= 0.3 is 0 Å². The molecule has 1 aliphatic heterocycles. The number of amides is 1. The molecular weight excluding hydrogens is 424 g/mol. The van der Waals surface area contributed by atoms with Gasteiger partial charge in [-0.25, -0.2) is 15.4 Å². The van der Waals surface area contributed by atoms with Gasteiger partial charge < -0.3 is 15.1 Å². The number of rotatable bonds is 5. The summed E-state index contributed by atoms with van der Waals surface area (Å²) in [5, 5.41) is 12.1. The molecule has 1 saturated heterocycles. The number of fused-ring (bicyclic) bond motifs is 1.